The van der Waals surface area contributed by atoms with Gasteiger partial charge in [0.2, 0.25) is 11.8 Å². The predicted octanol–water partition coefficient (Wildman–Crippen LogP) is 2.09. The summed E-state index contributed by atoms with van der Waals surface area (Å²) in [5.74, 6) is 0.992. The van der Waals surface area contributed by atoms with Gasteiger partial charge in [-0.2, -0.15) is 0 Å². The van der Waals surface area contributed by atoms with Gasteiger partial charge in [-0.1, -0.05) is 13.8 Å². The molecule has 2 heterocycles. The van der Waals surface area contributed by atoms with Crippen LogP contribution in [0.15, 0.2) is 18.3 Å². The number of amides is 1. The number of anilines is 1. The summed E-state index contributed by atoms with van der Waals surface area (Å²) >= 11 is 0. The minimum Gasteiger partial charge on any atom is -0.477 e. The van der Waals surface area contributed by atoms with Crippen molar-refractivity contribution in [1.29, 1.82) is 0 Å². The van der Waals surface area contributed by atoms with Crippen LogP contribution in [0.5, 0.6) is 5.88 Å². The second-order valence-electron chi connectivity index (χ2n) is 5.14. The van der Waals surface area contributed by atoms with Gasteiger partial charge in [-0.15, -0.1) is 0 Å². The summed E-state index contributed by atoms with van der Waals surface area (Å²) in [6.07, 6.45) is 2.40. The van der Waals surface area contributed by atoms with Crippen LogP contribution in [0, 0.1) is 11.8 Å². The number of carbonyl (C=O) groups excluding carboxylic acids is 1. The van der Waals surface area contributed by atoms with Gasteiger partial charge < -0.3 is 14.8 Å². The summed E-state index contributed by atoms with van der Waals surface area (Å²) in [4.78, 5) is 16.0. The molecule has 5 nitrogen and oxygen atoms in total. The Morgan fingerprint density at radius 2 is 2.42 bits per heavy atom. The van der Waals surface area contributed by atoms with Crippen molar-refractivity contribution in [2.75, 3.05) is 25.1 Å². The average molecular weight is 264 g/mol. The molecule has 19 heavy (non-hydrogen) atoms. The highest BCUT2D eigenvalue weighted by atomic mass is 16.5. The first-order chi connectivity index (χ1) is 9.15. The lowest BCUT2D eigenvalue weighted by Gasteiger charge is -2.10. The zero-order valence-electron chi connectivity index (χ0n) is 11.4. The predicted molar refractivity (Wildman–Crippen MR) is 72.1 cm³/mol. The van der Waals surface area contributed by atoms with Gasteiger partial charge in [0.25, 0.3) is 0 Å². The van der Waals surface area contributed by atoms with Crippen molar-refractivity contribution in [3.8, 4) is 5.88 Å². The van der Waals surface area contributed by atoms with Crippen LogP contribution < -0.4 is 10.1 Å². The van der Waals surface area contributed by atoms with Crippen LogP contribution in [0.4, 0.5) is 5.69 Å². The van der Waals surface area contributed by atoms with Gasteiger partial charge in [0.1, 0.15) is 0 Å². The van der Waals surface area contributed by atoms with E-state index < -0.39 is 0 Å². The highest BCUT2D eigenvalue weighted by Gasteiger charge is 2.23. The molecule has 1 amide bonds. The smallest absolute Gasteiger partial charge is 0.229 e. The molecule has 0 radical (unpaired) electrons. The molecule has 1 aliphatic rings. The number of ether oxygens (including phenoxy) is 2. The number of hydrogen-bond donors (Lipinski definition) is 1. The maximum atomic E-state index is 11.9. The second-order valence-corrected chi connectivity index (χ2v) is 5.14. The van der Waals surface area contributed by atoms with Crippen LogP contribution in [-0.2, 0) is 9.53 Å². The summed E-state index contributed by atoms with van der Waals surface area (Å²) in [7, 11) is 0. The Morgan fingerprint density at radius 3 is 3.00 bits per heavy atom. The number of pyridine rings is 1. The number of hydrogen-bond acceptors (Lipinski definition) is 4. The monoisotopic (exact) mass is 264 g/mol. The molecular formula is C14H20N2O3. The molecule has 0 aliphatic carbocycles. The molecule has 1 fully saturated rings. The van der Waals surface area contributed by atoms with Crippen LogP contribution in [0.25, 0.3) is 0 Å². The Morgan fingerprint density at radius 1 is 1.58 bits per heavy atom. The van der Waals surface area contributed by atoms with E-state index in [0.717, 1.165) is 6.42 Å². The van der Waals surface area contributed by atoms with Crippen LogP contribution in [-0.4, -0.2) is 30.7 Å². The Bertz CT molecular complexity index is 411. The number of aromatic nitrogens is 1. The van der Waals surface area contributed by atoms with Crippen LogP contribution in [0.2, 0.25) is 0 Å². The minimum atomic E-state index is -0.0446. The van der Waals surface area contributed by atoms with Gasteiger partial charge >= 0.3 is 0 Å². The molecule has 1 saturated heterocycles. The van der Waals surface area contributed by atoms with Crippen LogP contribution in [0.3, 0.4) is 0 Å². The van der Waals surface area contributed by atoms with Crippen molar-refractivity contribution in [1.82, 2.24) is 4.98 Å². The van der Waals surface area contributed by atoms with Crippen molar-refractivity contribution in [2.24, 2.45) is 11.8 Å². The fourth-order valence-corrected chi connectivity index (χ4v) is 1.78. The molecule has 0 spiro atoms. The van der Waals surface area contributed by atoms with Gasteiger partial charge in [0.15, 0.2) is 0 Å². The third-order valence-corrected chi connectivity index (χ3v) is 2.87. The Kier molecular flexibility index (Phi) is 4.74. The normalized spacial score (nSPS) is 18.6. The summed E-state index contributed by atoms with van der Waals surface area (Å²) in [5.41, 5.74) is 0.689. The number of rotatable bonds is 5. The third kappa shape index (κ3) is 4.21. The molecule has 0 saturated carbocycles. The zero-order chi connectivity index (χ0) is 13.7. The molecular weight excluding hydrogens is 244 g/mol. The summed E-state index contributed by atoms with van der Waals surface area (Å²) in [5, 5.41) is 2.84. The topological polar surface area (TPSA) is 60.5 Å². The lowest BCUT2D eigenvalue weighted by atomic mass is 10.1. The molecule has 0 aromatic carbocycles. The van der Waals surface area contributed by atoms with Crippen LogP contribution in [0.1, 0.15) is 20.3 Å². The molecule has 5 heteroatoms. The standard InChI is InChI=1S/C14H20N2O3/c1-10(2)8-19-13-4-3-12(7-15-13)16-14(17)11-5-6-18-9-11/h3-4,7,10-11H,5-6,8-9H2,1-2H3,(H,16,17)/t11-/m0/s1. The summed E-state index contributed by atoms with van der Waals surface area (Å²) < 4.78 is 10.7. The zero-order valence-corrected chi connectivity index (χ0v) is 11.4. The third-order valence-electron chi connectivity index (χ3n) is 2.87. The largest absolute Gasteiger partial charge is 0.477 e. The second kappa shape index (κ2) is 6.52. The van der Waals surface area contributed by atoms with E-state index in [9.17, 15) is 4.79 Å². The summed E-state index contributed by atoms with van der Waals surface area (Å²) in [6, 6.07) is 3.57. The highest BCUT2D eigenvalue weighted by molar-refractivity contribution is 5.92. The molecule has 1 aromatic rings. The fraction of sp³-hybridized carbons (Fsp3) is 0.571. The molecule has 0 bridgehead atoms. The first-order valence-electron chi connectivity index (χ1n) is 6.62. The number of carbonyl (C=O) groups is 1. The van der Waals surface area contributed by atoms with E-state index in [1.807, 2.05) is 0 Å². The van der Waals surface area contributed by atoms with Gasteiger partial charge in [-0.25, -0.2) is 4.98 Å². The first-order valence-corrected chi connectivity index (χ1v) is 6.62. The minimum absolute atomic E-state index is 0.00449. The van der Waals surface area contributed by atoms with Crippen molar-refractivity contribution in [3.05, 3.63) is 18.3 Å². The van der Waals surface area contributed by atoms with E-state index in [2.05, 4.69) is 24.1 Å². The molecule has 104 valence electrons. The van der Waals surface area contributed by atoms with E-state index >= 15 is 0 Å². The number of nitrogens with one attached hydrogen (secondary N) is 1. The summed E-state index contributed by atoms with van der Waals surface area (Å²) in [6.45, 7) is 5.97. The molecule has 1 atom stereocenters. The van der Waals surface area contributed by atoms with E-state index in [-0.39, 0.29) is 11.8 Å². The maximum absolute atomic E-state index is 11.9. The number of nitrogens with zero attached hydrogens (tertiary/aromatic N) is 1. The van der Waals surface area contributed by atoms with E-state index in [4.69, 9.17) is 9.47 Å². The molecule has 1 aromatic heterocycles. The Labute approximate surface area is 113 Å². The van der Waals surface area contributed by atoms with Crippen molar-refractivity contribution >= 4 is 11.6 Å². The lowest BCUT2D eigenvalue weighted by molar-refractivity contribution is -0.119. The van der Waals surface area contributed by atoms with Gasteiger partial charge in [-0.05, 0) is 18.4 Å². The van der Waals surface area contributed by atoms with Crippen LogP contribution >= 0.6 is 0 Å². The molecule has 1 N–H and O–H groups in total. The van der Waals surface area contributed by atoms with Gasteiger partial charge in [-0.3, -0.25) is 4.79 Å². The van der Waals surface area contributed by atoms with Crippen molar-refractivity contribution < 1.29 is 14.3 Å². The molecule has 0 unspecified atom stereocenters. The Balaban J connectivity index is 1.85. The van der Waals surface area contributed by atoms with E-state index in [1.54, 1.807) is 18.3 Å². The maximum Gasteiger partial charge on any atom is 0.229 e. The lowest BCUT2D eigenvalue weighted by Crippen LogP contribution is -2.22. The molecule has 2 rings (SSSR count). The van der Waals surface area contributed by atoms with E-state index in [0.29, 0.717) is 37.3 Å². The van der Waals surface area contributed by atoms with Gasteiger partial charge in [0.05, 0.1) is 31.0 Å². The van der Waals surface area contributed by atoms with Crippen molar-refractivity contribution in [2.45, 2.75) is 20.3 Å². The molecule has 1 aliphatic heterocycles. The highest BCUT2D eigenvalue weighted by Crippen LogP contribution is 2.17. The Hall–Kier alpha value is -1.62. The van der Waals surface area contributed by atoms with Crippen molar-refractivity contribution in [3.63, 3.8) is 0 Å². The first kappa shape index (κ1) is 13.8. The SMILES string of the molecule is CC(C)COc1ccc(NC(=O)[C@H]2CCOC2)cn1. The van der Waals surface area contributed by atoms with E-state index in [1.165, 1.54) is 0 Å². The average Bonchev–Trinajstić information content (AvgIpc) is 2.92. The van der Waals surface area contributed by atoms with Gasteiger partial charge in [0, 0.05) is 12.7 Å². The fourth-order valence-electron chi connectivity index (χ4n) is 1.78. The quantitative estimate of drug-likeness (QED) is 0.884.